The van der Waals surface area contributed by atoms with Crippen LogP contribution in [0.25, 0.3) is 11.0 Å². The third-order valence-electron chi connectivity index (χ3n) is 3.31. The van der Waals surface area contributed by atoms with Crippen molar-refractivity contribution in [3.8, 4) is 6.19 Å². The predicted molar refractivity (Wildman–Crippen MR) is 64.3 cm³/mol. The number of amides is 2. The molecule has 1 saturated heterocycles. The lowest BCUT2D eigenvalue weighted by Crippen LogP contribution is -2.26. The van der Waals surface area contributed by atoms with Crippen molar-refractivity contribution in [3.05, 3.63) is 30.1 Å². The number of hydrogen-bond donors (Lipinski definition) is 1. The van der Waals surface area contributed by atoms with E-state index >= 15 is 0 Å². The first-order valence-corrected chi connectivity index (χ1v) is 5.58. The third kappa shape index (κ3) is 1.41. The number of urea groups is 1. The van der Waals surface area contributed by atoms with E-state index < -0.39 is 0 Å². The quantitative estimate of drug-likeness (QED) is 0.768. The van der Waals surface area contributed by atoms with Crippen molar-refractivity contribution in [2.75, 3.05) is 13.6 Å². The van der Waals surface area contributed by atoms with Gasteiger partial charge in [0.15, 0.2) is 6.19 Å². The molecule has 2 heterocycles. The predicted octanol–water partition coefficient (Wildman–Crippen LogP) is 1.45. The Morgan fingerprint density at radius 3 is 3.11 bits per heavy atom. The van der Waals surface area contributed by atoms with Crippen LogP contribution in [0, 0.1) is 11.5 Å². The summed E-state index contributed by atoms with van der Waals surface area (Å²) < 4.78 is 0. The van der Waals surface area contributed by atoms with E-state index in [1.807, 2.05) is 24.4 Å². The Bertz CT molecular complexity index is 656. The van der Waals surface area contributed by atoms with Crippen LogP contribution >= 0.6 is 0 Å². The van der Waals surface area contributed by atoms with Crippen molar-refractivity contribution in [1.29, 1.82) is 5.26 Å². The molecule has 2 aromatic rings. The fraction of sp³-hybridized carbons (Fsp3) is 0.250. The van der Waals surface area contributed by atoms with Crippen LogP contribution < -0.4 is 0 Å². The van der Waals surface area contributed by atoms with E-state index in [4.69, 9.17) is 5.26 Å². The first kappa shape index (κ1) is 10.6. The van der Waals surface area contributed by atoms with Gasteiger partial charge in [0.2, 0.25) is 0 Å². The largest absolute Gasteiger partial charge is 0.345 e. The van der Waals surface area contributed by atoms with Crippen molar-refractivity contribution in [2.45, 2.75) is 6.04 Å². The van der Waals surface area contributed by atoms with Crippen molar-refractivity contribution < 1.29 is 4.79 Å². The lowest BCUT2D eigenvalue weighted by molar-refractivity contribution is 0.205. The highest BCUT2D eigenvalue weighted by Crippen LogP contribution is 2.28. The van der Waals surface area contributed by atoms with E-state index in [0.717, 1.165) is 16.6 Å². The lowest BCUT2D eigenvalue weighted by atomic mass is 10.1. The van der Waals surface area contributed by atoms with Gasteiger partial charge in [-0.25, -0.2) is 14.7 Å². The van der Waals surface area contributed by atoms with Gasteiger partial charge < -0.3 is 9.88 Å². The van der Waals surface area contributed by atoms with Crippen molar-refractivity contribution in [1.82, 2.24) is 19.8 Å². The number of nitrogens with zero attached hydrogens (tertiary/aromatic N) is 4. The molecule has 0 saturated carbocycles. The molecule has 1 unspecified atom stereocenters. The summed E-state index contributed by atoms with van der Waals surface area (Å²) in [6.45, 7) is 0.394. The number of hydrogen-bond acceptors (Lipinski definition) is 3. The number of benzene rings is 1. The normalized spacial score (nSPS) is 19.6. The summed E-state index contributed by atoms with van der Waals surface area (Å²) in [4.78, 5) is 21.7. The van der Waals surface area contributed by atoms with Crippen LogP contribution in [0.2, 0.25) is 0 Å². The fourth-order valence-electron chi connectivity index (χ4n) is 2.27. The summed E-state index contributed by atoms with van der Waals surface area (Å²) in [7, 11) is 1.71. The second-order valence-corrected chi connectivity index (χ2v) is 4.30. The number of rotatable bonds is 1. The fourth-order valence-corrected chi connectivity index (χ4v) is 2.27. The Morgan fingerprint density at radius 2 is 2.39 bits per heavy atom. The zero-order valence-electron chi connectivity index (χ0n) is 9.79. The zero-order chi connectivity index (χ0) is 12.7. The number of likely N-dealkylation sites (N-methyl/N-ethyl adjacent to an activating group) is 1. The molecule has 1 fully saturated rings. The molecule has 6 heteroatoms. The van der Waals surface area contributed by atoms with Crippen LogP contribution in [-0.4, -0.2) is 39.4 Å². The molecule has 3 rings (SSSR count). The van der Waals surface area contributed by atoms with E-state index in [1.54, 1.807) is 18.3 Å². The Hall–Kier alpha value is -2.55. The Kier molecular flexibility index (Phi) is 2.20. The summed E-state index contributed by atoms with van der Waals surface area (Å²) >= 11 is 0. The van der Waals surface area contributed by atoms with Gasteiger partial charge in [0.25, 0.3) is 0 Å². The monoisotopic (exact) mass is 241 g/mol. The van der Waals surface area contributed by atoms with Gasteiger partial charge in [0.05, 0.1) is 29.9 Å². The van der Waals surface area contributed by atoms with Gasteiger partial charge in [-0.3, -0.25) is 0 Å². The van der Waals surface area contributed by atoms with Crippen LogP contribution in [-0.2, 0) is 0 Å². The minimum absolute atomic E-state index is 0.0927. The molecule has 2 amide bonds. The van der Waals surface area contributed by atoms with Crippen molar-refractivity contribution >= 4 is 17.1 Å². The van der Waals surface area contributed by atoms with Gasteiger partial charge in [0, 0.05) is 7.05 Å². The first-order chi connectivity index (χ1) is 8.70. The van der Waals surface area contributed by atoms with E-state index in [1.165, 1.54) is 4.90 Å². The summed E-state index contributed by atoms with van der Waals surface area (Å²) in [6, 6.07) is 5.47. The minimum atomic E-state index is -0.257. The number of carbonyl (C=O) groups excluding carboxylic acids is 1. The van der Waals surface area contributed by atoms with E-state index in [-0.39, 0.29) is 12.1 Å². The van der Waals surface area contributed by atoms with Crippen LogP contribution in [0.1, 0.15) is 11.6 Å². The number of aromatic nitrogens is 2. The molecule has 0 aliphatic carbocycles. The molecule has 18 heavy (non-hydrogen) atoms. The average molecular weight is 241 g/mol. The molecule has 1 N–H and O–H groups in total. The molecule has 1 aliphatic rings. The van der Waals surface area contributed by atoms with E-state index in [9.17, 15) is 4.79 Å². The second kappa shape index (κ2) is 3.74. The Morgan fingerprint density at radius 1 is 1.56 bits per heavy atom. The number of nitriles is 1. The number of aromatic amines is 1. The smallest absolute Gasteiger partial charge is 0.333 e. The number of nitrogens with one attached hydrogen (secondary N) is 1. The number of imidazole rings is 1. The maximum Gasteiger partial charge on any atom is 0.333 e. The van der Waals surface area contributed by atoms with Crippen LogP contribution in [0.5, 0.6) is 0 Å². The maximum absolute atomic E-state index is 11.7. The highest BCUT2D eigenvalue weighted by molar-refractivity contribution is 5.80. The molecule has 6 nitrogen and oxygen atoms in total. The van der Waals surface area contributed by atoms with Gasteiger partial charge in [-0.2, -0.15) is 5.26 Å². The molecule has 1 aliphatic heterocycles. The molecule has 1 aromatic carbocycles. The number of fused-ring (bicyclic) bond motifs is 1. The third-order valence-corrected chi connectivity index (χ3v) is 3.31. The van der Waals surface area contributed by atoms with E-state index in [2.05, 4.69) is 9.97 Å². The number of H-pyrrole nitrogens is 1. The van der Waals surface area contributed by atoms with Gasteiger partial charge >= 0.3 is 6.03 Å². The van der Waals surface area contributed by atoms with Gasteiger partial charge in [-0.15, -0.1) is 0 Å². The molecular weight excluding hydrogens is 230 g/mol. The van der Waals surface area contributed by atoms with E-state index in [0.29, 0.717) is 6.54 Å². The number of carbonyl (C=O) groups is 1. The van der Waals surface area contributed by atoms with Crippen molar-refractivity contribution in [2.24, 2.45) is 0 Å². The standard InChI is InChI=1S/C12H11N5O/c1-16-11(5-17(6-13)12(16)18)8-2-3-9-10(4-8)15-7-14-9/h2-4,7,11H,5H2,1H3,(H,14,15). The first-order valence-electron chi connectivity index (χ1n) is 5.58. The Labute approximate surface area is 103 Å². The topological polar surface area (TPSA) is 76.0 Å². The Balaban J connectivity index is 2.00. The van der Waals surface area contributed by atoms with Gasteiger partial charge in [-0.05, 0) is 17.7 Å². The van der Waals surface area contributed by atoms with Crippen molar-refractivity contribution in [3.63, 3.8) is 0 Å². The average Bonchev–Trinajstić information content (AvgIpc) is 2.95. The zero-order valence-corrected chi connectivity index (χ0v) is 9.79. The van der Waals surface area contributed by atoms with Gasteiger partial charge in [-0.1, -0.05) is 6.07 Å². The van der Waals surface area contributed by atoms with Crippen LogP contribution in [0.3, 0.4) is 0 Å². The summed E-state index contributed by atoms with van der Waals surface area (Å²) in [5.74, 6) is 0. The highest BCUT2D eigenvalue weighted by atomic mass is 16.2. The SMILES string of the molecule is CN1C(=O)N(C#N)CC1c1ccc2nc[nH]c2c1. The molecule has 1 aromatic heterocycles. The molecule has 90 valence electrons. The molecule has 1 atom stereocenters. The highest BCUT2D eigenvalue weighted by Gasteiger charge is 2.35. The summed E-state index contributed by atoms with van der Waals surface area (Å²) in [5, 5.41) is 8.87. The van der Waals surface area contributed by atoms with Gasteiger partial charge in [0.1, 0.15) is 0 Å². The lowest BCUT2D eigenvalue weighted by Gasteiger charge is -2.17. The maximum atomic E-state index is 11.7. The second-order valence-electron chi connectivity index (χ2n) is 4.30. The summed E-state index contributed by atoms with van der Waals surface area (Å²) in [5.41, 5.74) is 2.83. The summed E-state index contributed by atoms with van der Waals surface area (Å²) in [6.07, 6.45) is 3.54. The molecular formula is C12H11N5O. The molecule has 0 radical (unpaired) electrons. The minimum Gasteiger partial charge on any atom is -0.345 e. The molecule has 0 bridgehead atoms. The van der Waals surface area contributed by atoms with Crippen LogP contribution in [0.15, 0.2) is 24.5 Å². The van der Waals surface area contributed by atoms with Crippen LogP contribution in [0.4, 0.5) is 4.79 Å². The molecule has 0 spiro atoms.